The molecule has 0 aromatic carbocycles. The van der Waals surface area contributed by atoms with Crippen LogP contribution in [0.4, 0.5) is 13.2 Å². The largest absolute Gasteiger partial charge is 0.405 e. The molecule has 0 spiro atoms. The molecular weight excluding hydrogens is 259 g/mol. The van der Waals surface area contributed by atoms with Gasteiger partial charge in [0.05, 0.1) is 0 Å². The monoisotopic (exact) mass is 279 g/mol. The van der Waals surface area contributed by atoms with E-state index in [-0.39, 0.29) is 31.5 Å². The van der Waals surface area contributed by atoms with Gasteiger partial charge in [-0.2, -0.15) is 13.2 Å². The van der Waals surface area contributed by atoms with Gasteiger partial charge in [0.15, 0.2) is 0 Å². The molecule has 2 aliphatic rings. The molecule has 110 valence electrons. The summed E-state index contributed by atoms with van der Waals surface area (Å²) in [7, 11) is 1.93. The molecule has 2 rings (SSSR count). The zero-order valence-corrected chi connectivity index (χ0v) is 11.0. The highest BCUT2D eigenvalue weighted by Crippen LogP contribution is 2.29. The molecule has 0 bridgehead atoms. The number of nitrogens with one attached hydrogen (secondary N) is 1. The van der Waals surface area contributed by atoms with Crippen LogP contribution in [-0.4, -0.2) is 67.2 Å². The van der Waals surface area contributed by atoms with Gasteiger partial charge < -0.3 is 10.2 Å². The van der Waals surface area contributed by atoms with Crippen molar-refractivity contribution >= 4 is 5.91 Å². The van der Waals surface area contributed by atoms with Crippen LogP contribution < -0.4 is 5.32 Å². The Morgan fingerprint density at radius 1 is 1.32 bits per heavy atom. The van der Waals surface area contributed by atoms with Crippen molar-refractivity contribution in [2.45, 2.75) is 37.5 Å². The second-order valence-electron chi connectivity index (χ2n) is 5.41. The van der Waals surface area contributed by atoms with E-state index >= 15 is 0 Å². The van der Waals surface area contributed by atoms with Gasteiger partial charge in [0.25, 0.3) is 0 Å². The second kappa shape index (κ2) is 5.66. The Balaban J connectivity index is 2.14. The number of carbonyl (C=O) groups excluding carboxylic acids is 1. The number of rotatable bonds is 1. The zero-order chi connectivity index (χ0) is 14.0. The minimum Gasteiger partial charge on any atom is -0.354 e. The summed E-state index contributed by atoms with van der Waals surface area (Å²) in [4.78, 5) is 14.9. The van der Waals surface area contributed by atoms with Gasteiger partial charge >= 0.3 is 6.18 Å². The van der Waals surface area contributed by atoms with Gasteiger partial charge in [-0.3, -0.25) is 9.69 Å². The highest BCUT2D eigenvalue weighted by molar-refractivity contribution is 5.76. The highest BCUT2D eigenvalue weighted by atomic mass is 19.4. The third-order valence-electron chi connectivity index (χ3n) is 3.94. The smallest absolute Gasteiger partial charge is 0.354 e. The van der Waals surface area contributed by atoms with Crippen LogP contribution in [0.3, 0.4) is 0 Å². The van der Waals surface area contributed by atoms with Crippen molar-refractivity contribution in [1.82, 2.24) is 15.1 Å². The van der Waals surface area contributed by atoms with Gasteiger partial charge in [0.2, 0.25) is 5.91 Å². The number of carbonyl (C=O) groups is 1. The van der Waals surface area contributed by atoms with E-state index in [4.69, 9.17) is 0 Å². The molecule has 19 heavy (non-hydrogen) atoms. The Kier molecular flexibility index (Phi) is 4.35. The summed E-state index contributed by atoms with van der Waals surface area (Å²) in [5.74, 6) is -0.291. The highest BCUT2D eigenvalue weighted by Gasteiger charge is 2.47. The third kappa shape index (κ3) is 3.60. The molecule has 2 unspecified atom stereocenters. The van der Waals surface area contributed by atoms with Crippen LogP contribution in [0, 0.1) is 0 Å². The molecule has 2 saturated heterocycles. The fraction of sp³-hybridized carbons (Fsp3) is 0.917. The van der Waals surface area contributed by atoms with Gasteiger partial charge in [0.1, 0.15) is 6.04 Å². The normalized spacial score (nSPS) is 31.9. The van der Waals surface area contributed by atoms with Gasteiger partial charge in [0, 0.05) is 32.1 Å². The Labute approximate surface area is 110 Å². The van der Waals surface area contributed by atoms with Crippen molar-refractivity contribution in [1.29, 1.82) is 0 Å². The zero-order valence-electron chi connectivity index (χ0n) is 11.0. The summed E-state index contributed by atoms with van der Waals surface area (Å²) in [5, 5.41) is 2.37. The van der Waals surface area contributed by atoms with Gasteiger partial charge in [-0.25, -0.2) is 0 Å². The molecule has 2 heterocycles. The molecule has 2 atom stereocenters. The second-order valence-corrected chi connectivity index (χ2v) is 5.41. The van der Waals surface area contributed by atoms with Gasteiger partial charge in [-0.15, -0.1) is 0 Å². The molecule has 4 nitrogen and oxygen atoms in total. The molecule has 0 aliphatic carbocycles. The third-order valence-corrected chi connectivity index (χ3v) is 3.94. The van der Waals surface area contributed by atoms with Gasteiger partial charge in [-0.05, 0) is 26.4 Å². The van der Waals surface area contributed by atoms with Crippen LogP contribution in [0.15, 0.2) is 0 Å². The number of likely N-dealkylation sites (tertiary alicyclic amines) is 1. The van der Waals surface area contributed by atoms with E-state index in [0.29, 0.717) is 6.54 Å². The average molecular weight is 279 g/mol. The summed E-state index contributed by atoms with van der Waals surface area (Å²) in [6, 6.07) is -1.67. The number of alkyl halides is 3. The first-order chi connectivity index (χ1) is 8.88. The maximum Gasteiger partial charge on any atom is 0.405 e. The van der Waals surface area contributed by atoms with Crippen molar-refractivity contribution in [3.8, 4) is 0 Å². The summed E-state index contributed by atoms with van der Waals surface area (Å²) in [5.41, 5.74) is 0. The first kappa shape index (κ1) is 14.6. The van der Waals surface area contributed by atoms with E-state index in [1.165, 1.54) is 4.90 Å². The predicted octanol–water partition coefficient (Wildman–Crippen LogP) is 0.833. The molecule has 0 saturated carbocycles. The van der Waals surface area contributed by atoms with E-state index in [9.17, 15) is 18.0 Å². The number of hydrogen-bond donors (Lipinski definition) is 1. The van der Waals surface area contributed by atoms with E-state index in [1.807, 2.05) is 7.05 Å². The molecule has 0 radical (unpaired) electrons. The topological polar surface area (TPSA) is 35.6 Å². The lowest BCUT2D eigenvalue weighted by molar-refractivity contribution is -0.188. The number of amides is 1. The number of piperidine rings is 1. The van der Waals surface area contributed by atoms with E-state index in [2.05, 4.69) is 10.2 Å². The summed E-state index contributed by atoms with van der Waals surface area (Å²) in [6.07, 6.45) is -2.48. The first-order valence-corrected chi connectivity index (χ1v) is 6.65. The number of halogens is 3. The summed E-state index contributed by atoms with van der Waals surface area (Å²) in [6.45, 7) is 1.43. The Hall–Kier alpha value is -0.820. The number of hydrogen-bond acceptors (Lipinski definition) is 3. The van der Waals surface area contributed by atoms with Gasteiger partial charge in [-0.1, -0.05) is 0 Å². The van der Waals surface area contributed by atoms with Crippen LogP contribution in [0.25, 0.3) is 0 Å². The van der Waals surface area contributed by atoms with Crippen molar-refractivity contribution in [3.05, 3.63) is 0 Å². The molecule has 0 aromatic rings. The van der Waals surface area contributed by atoms with E-state index in [0.717, 1.165) is 19.4 Å². The lowest BCUT2D eigenvalue weighted by atomic mass is 10.0. The van der Waals surface area contributed by atoms with Crippen LogP contribution >= 0.6 is 0 Å². The predicted molar refractivity (Wildman–Crippen MR) is 64.7 cm³/mol. The van der Waals surface area contributed by atoms with E-state index in [1.54, 1.807) is 0 Å². The Morgan fingerprint density at radius 3 is 2.68 bits per heavy atom. The fourth-order valence-electron chi connectivity index (χ4n) is 2.95. The quantitative estimate of drug-likeness (QED) is 0.772. The Bertz CT molecular complexity index is 335. The van der Waals surface area contributed by atoms with Crippen molar-refractivity contribution in [2.75, 3.05) is 33.2 Å². The lowest BCUT2D eigenvalue weighted by Crippen LogP contribution is -2.57. The van der Waals surface area contributed by atoms with Crippen molar-refractivity contribution in [2.24, 2.45) is 0 Å². The molecule has 2 aliphatic heterocycles. The summed E-state index contributed by atoms with van der Waals surface area (Å²) >= 11 is 0. The number of likely N-dealkylation sites (N-methyl/N-ethyl adjacent to an activating group) is 1. The molecule has 7 heteroatoms. The SMILES string of the molecule is CN1CCCC(N2CCC(=O)NCC2C(F)(F)F)C1. The lowest BCUT2D eigenvalue weighted by Gasteiger charge is -2.41. The van der Waals surface area contributed by atoms with Crippen LogP contribution in [0.5, 0.6) is 0 Å². The van der Waals surface area contributed by atoms with Crippen LogP contribution in [0.2, 0.25) is 0 Å². The molecule has 1 N–H and O–H groups in total. The molecule has 0 aromatic heterocycles. The van der Waals surface area contributed by atoms with Crippen molar-refractivity contribution < 1.29 is 18.0 Å². The molecule has 2 fully saturated rings. The standard InChI is InChI=1S/C12H20F3N3O/c1-17-5-2-3-9(8-17)18-6-4-11(19)16-7-10(18)12(13,14)15/h9-10H,2-8H2,1H3,(H,16,19). The van der Waals surface area contributed by atoms with Crippen molar-refractivity contribution in [3.63, 3.8) is 0 Å². The van der Waals surface area contributed by atoms with E-state index < -0.39 is 12.2 Å². The minimum absolute atomic E-state index is 0.113. The average Bonchev–Trinajstić information content (AvgIpc) is 2.50. The van der Waals surface area contributed by atoms with Crippen LogP contribution in [-0.2, 0) is 4.79 Å². The molecule has 1 amide bonds. The Morgan fingerprint density at radius 2 is 2.05 bits per heavy atom. The first-order valence-electron chi connectivity index (χ1n) is 6.65. The maximum absolute atomic E-state index is 13.1. The fourth-order valence-corrected chi connectivity index (χ4v) is 2.95. The number of nitrogens with zero attached hydrogens (tertiary/aromatic N) is 2. The van der Waals surface area contributed by atoms with Crippen LogP contribution in [0.1, 0.15) is 19.3 Å². The minimum atomic E-state index is -4.30. The maximum atomic E-state index is 13.1. The summed E-state index contributed by atoms with van der Waals surface area (Å²) < 4.78 is 39.4. The molecular formula is C12H20F3N3O.